The molecule has 0 amide bonds. The lowest BCUT2D eigenvalue weighted by Gasteiger charge is -1.96. The Bertz CT molecular complexity index is 544. The smallest absolute Gasteiger partial charge is 0.178 e. The van der Waals surface area contributed by atoms with Crippen molar-refractivity contribution >= 4 is 31.4 Å². The van der Waals surface area contributed by atoms with Gasteiger partial charge in [0.15, 0.2) is 9.84 Å². The molecule has 0 aliphatic carbocycles. The molecule has 0 N–H and O–H groups in total. The standard InChI is InChI=1S/C7H6N2O2S2/c1-13(10,11)6-4-8-9-5-2-3-12-7(5)6/h2-4H,1H3. The highest BCUT2D eigenvalue weighted by atomic mass is 32.2. The summed E-state index contributed by atoms with van der Waals surface area (Å²) in [7, 11) is -3.19. The highest BCUT2D eigenvalue weighted by Crippen LogP contribution is 2.24. The Kier molecular flexibility index (Phi) is 1.81. The van der Waals surface area contributed by atoms with E-state index in [0.717, 1.165) is 0 Å². The first kappa shape index (κ1) is 8.58. The van der Waals surface area contributed by atoms with Gasteiger partial charge in [0.05, 0.1) is 10.9 Å². The molecule has 0 aliphatic heterocycles. The van der Waals surface area contributed by atoms with Gasteiger partial charge < -0.3 is 0 Å². The topological polar surface area (TPSA) is 59.9 Å². The molecule has 0 unspecified atom stereocenters. The number of fused-ring (bicyclic) bond motifs is 1. The van der Waals surface area contributed by atoms with Gasteiger partial charge in [-0.05, 0) is 11.4 Å². The number of thiophene rings is 1. The minimum atomic E-state index is -3.19. The SMILES string of the molecule is CS(=O)(=O)c1cnnc2ccsc12. The van der Waals surface area contributed by atoms with Crippen LogP contribution in [0.4, 0.5) is 0 Å². The fourth-order valence-corrected chi connectivity index (χ4v) is 3.04. The Morgan fingerprint density at radius 1 is 1.46 bits per heavy atom. The number of hydrogen-bond acceptors (Lipinski definition) is 5. The van der Waals surface area contributed by atoms with Gasteiger partial charge in [-0.1, -0.05) is 0 Å². The van der Waals surface area contributed by atoms with Gasteiger partial charge in [0.2, 0.25) is 0 Å². The molecule has 0 spiro atoms. The average molecular weight is 214 g/mol. The molecule has 0 aromatic carbocycles. The Morgan fingerprint density at radius 2 is 2.23 bits per heavy atom. The van der Waals surface area contributed by atoms with Crippen LogP contribution in [-0.4, -0.2) is 24.9 Å². The predicted octanol–water partition coefficient (Wildman–Crippen LogP) is 1.09. The van der Waals surface area contributed by atoms with Gasteiger partial charge in [-0.25, -0.2) is 8.42 Å². The average Bonchev–Trinajstić information content (AvgIpc) is 2.48. The van der Waals surface area contributed by atoms with Crippen molar-refractivity contribution in [3.63, 3.8) is 0 Å². The van der Waals surface area contributed by atoms with Crippen molar-refractivity contribution in [3.8, 4) is 0 Å². The van der Waals surface area contributed by atoms with Crippen molar-refractivity contribution in [1.29, 1.82) is 0 Å². The molecule has 6 heteroatoms. The van der Waals surface area contributed by atoms with E-state index in [1.54, 1.807) is 11.4 Å². The normalized spacial score (nSPS) is 12.1. The zero-order valence-corrected chi connectivity index (χ0v) is 8.39. The molecule has 2 aromatic heterocycles. The van der Waals surface area contributed by atoms with Crippen LogP contribution in [0.2, 0.25) is 0 Å². The summed E-state index contributed by atoms with van der Waals surface area (Å²) < 4.78 is 23.2. The number of hydrogen-bond donors (Lipinski definition) is 0. The lowest BCUT2D eigenvalue weighted by atomic mass is 10.4. The Balaban J connectivity index is 2.91. The summed E-state index contributed by atoms with van der Waals surface area (Å²) >= 11 is 1.36. The van der Waals surface area contributed by atoms with Crippen molar-refractivity contribution in [2.75, 3.05) is 6.26 Å². The first-order valence-electron chi connectivity index (χ1n) is 3.48. The van der Waals surface area contributed by atoms with E-state index in [4.69, 9.17) is 0 Å². The van der Waals surface area contributed by atoms with Crippen molar-refractivity contribution in [2.45, 2.75) is 4.90 Å². The zero-order chi connectivity index (χ0) is 9.47. The van der Waals surface area contributed by atoms with Gasteiger partial charge in [-0.3, -0.25) is 0 Å². The van der Waals surface area contributed by atoms with Gasteiger partial charge in [0.25, 0.3) is 0 Å². The quantitative estimate of drug-likeness (QED) is 0.713. The summed E-state index contributed by atoms with van der Waals surface area (Å²) in [5.41, 5.74) is 0.632. The molecule has 0 saturated carbocycles. The van der Waals surface area contributed by atoms with E-state index in [9.17, 15) is 8.42 Å². The van der Waals surface area contributed by atoms with Gasteiger partial charge >= 0.3 is 0 Å². The summed E-state index contributed by atoms with van der Waals surface area (Å²) in [5.74, 6) is 0. The number of sulfone groups is 1. The second-order valence-electron chi connectivity index (χ2n) is 2.62. The summed E-state index contributed by atoms with van der Waals surface area (Å²) in [6.45, 7) is 0. The van der Waals surface area contributed by atoms with E-state index in [1.807, 2.05) is 0 Å². The molecule has 0 fully saturated rings. The molecule has 4 nitrogen and oxygen atoms in total. The molecular weight excluding hydrogens is 208 g/mol. The van der Waals surface area contributed by atoms with Gasteiger partial charge in [-0.2, -0.15) is 5.10 Å². The van der Waals surface area contributed by atoms with Gasteiger partial charge in [0, 0.05) is 6.26 Å². The molecule has 0 bridgehead atoms. The Morgan fingerprint density at radius 3 is 2.92 bits per heavy atom. The van der Waals surface area contributed by atoms with Crippen molar-refractivity contribution < 1.29 is 8.42 Å². The van der Waals surface area contributed by atoms with Crippen LogP contribution in [0.15, 0.2) is 22.5 Å². The maximum atomic E-state index is 11.3. The summed E-state index contributed by atoms with van der Waals surface area (Å²) in [6.07, 6.45) is 2.46. The van der Waals surface area contributed by atoms with Crippen LogP contribution in [0.25, 0.3) is 10.2 Å². The fraction of sp³-hybridized carbons (Fsp3) is 0.143. The van der Waals surface area contributed by atoms with Crippen molar-refractivity contribution in [3.05, 3.63) is 17.6 Å². The monoisotopic (exact) mass is 214 g/mol. The summed E-state index contributed by atoms with van der Waals surface area (Å²) in [6, 6.07) is 1.75. The van der Waals surface area contributed by atoms with Crippen molar-refractivity contribution in [1.82, 2.24) is 10.2 Å². The first-order valence-corrected chi connectivity index (χ1v) is 6.25. The largest absolute Gasteiger partial charge is 0.224 e. The molecule has 2 heterocycles. The van der Waals surface area contributed by atoms with Crippen LogP contribution in [0.5, 0.6) is 0 Å². The van der Waals surface area contributed by atoms with Crippen LogP contribution in [0, 0.1) is 0 Å². The van der Waals surface area contributed by atoms with Crippen LogP contribution < -0.4 is 0 Å². The molecule has 2 aromatic rings. The van der Waals surface area contributed by atoms with Crippen LogP contribution in [0.1, 0.15) is 0 Å². The van der Waals surface area contributed by atoms with Gasteiger partial charge in [0.1, 0.15) is 10.4 Å². The van der Waals surface area contributed by atoms with Crippen LogP contribution in [-0.2, 0) is 9.84 Å². The molecule has 2 rings (SSSR count). The van der Waals surface area contributed by atoms with E-state index < -0.39 is 9.84 Å². The van der Waals surface area contributed by atoms with Gasteiger partial charge in [-0.15, -0.1) is 16.4 Å². The predicted molar refractivity (Wildman–Crippen MR) is 50.5 cm³/mol. The maximum Gasteiger partial charge on any atom is 0.178 e. The van der Waals surface area contributed by atoms with E-state index in [2.05, 4.69) is 10.2 Å². The number of nitrogens with zero attached hydrogens (tertiary/aromatic N) is 2. The molecule has 0 aliphatic rings. The first-order chi connectivity index (χ1) is 6.09. The fourth-order valence-electron chi connectivity index (χ4n) is 1.03. The number of rotatable bonds is 1. The Hall–Kier alpha value is -1.01. The molecule has 13 heavy (non-hydrogen) atoms. The summed E-state index contributed by atoms with van der Waals surface area (Å²) in [5, 5.41) is 9.24. The highest BCUT2D eigenvalue weighted by molar-refractivity contribution is 7.91. The molecule has 0 radical (unpaired) electrons. The highest BCUT2D eigenvalue weighted by Gasteiger charge is 2.13. The lowest BCUT2D eigenvalue weighted by molar-refractivity contribution is 0.602. The maximum absolute atomic E-state index is 11.3. The van der Waals surface area contributed by atoms with Crippen LogP contribution in [0.3, 0.4) is 0 Å². The van der Waals surface area contributed by atoms with E-state index >= 15 is 0 Å². The Labute approximate surface area is 79.2 Å². The molecule has 0 atom stereocenters. The second kappa shape index (κ2) is 2.74. The second-order valence-corrected chi connectivity index (χ2v) is 5.52. The molecule has 68 valence electrons. The number of aromatic nitrogens is 2. The minimum absolute atomic E-state index is 0.257. The third-order valence-electron chi connectivity index (χ3n) is 1.61. The minimum Gasteiger partial charge on any atom is -0.224 e. The third kappa shape index (κ3) is 1.42. The molecule has 0 saturated heterocycles. The van der Waals surface area contributed by atoms with Crippen LogP contribution >= 0.6 is 11.3 Å². The molecular formula is C7H6N2O2S2. The van der Waals surface area contributed by atoms with E-state index in [0.29, 0.717) is 10.2 Å². The summed E-state index contributed by atoms with van der Waals surface area (Å²) in [4.78, 5) is 0.257. The lowest BCUT2D eigenvalue weighted by Crippen LogP contribution is -1.98. The van der Waals surface area contributed by atoms with E-state index in [1.165, 1.54) is 23.8 Å². The zero-order valence-electron chi connectivity index (χ0n) is 6.76. The third-order valence-corrected chi connectivity index (χ3v) is 3.78. The van der Waals surface area contributed by atoms with E-state index in [-0.39, 0.29) is 4.90 Å². The van der Waals surface area contributed by atoms with Crippen molar-refractivity contribution in [2.24, 2.45) is 0 Å².